The lowest BCUT2D eigenvalue weighted by molar-refractivity contribution is -0.149. The van der Waals surface area contributed by atoms with Crippen molar-refractivity contribution in [2.45, 2.75) is 38.6 Å². The van der Waals surface area contributed by atoms with E-state index in [2.05, 4.69) is 5.32 Å². The first kappa shape index (κ1) is 14.2. The number of nitrogens with one attached hydrogen (secondary N) is 1. The highest BCUT2D eigenvalue weighted by atomic mass is 16.2. The van der Waals surface area contributed by atoms with Crippen LogP contribution in [0.4, 0.5) is 0 Å². The zero-order chi connectivity index (χ0) is 13.7. The summed E-state index contributed by atoms with van der Waals surface area (Å²) in [5.41, 5.74) is 0. The molecule has 1 aliphatic heterocycles. The van der Waals surface area contributed by atoms with Crippen LogP contribution >= 0.6 is 0 Å². The monoisotopic (exact) mass is 251 g/mol. The van der Waals surface area contributed by atoms with Crippen LogP contribution in [0.1, 0.15) is 32.6 Å². The standard InChI is InChI=1S/C12H17N3O3/c1-3-4-8(7-13)11(17)14-9-5-6-10(16)15(2)12(9)18/h8-9H,3-6H2,1-2H3,(H,14,17). The van der Waals surface area contributed by atoms with Gasteiger partial charge in [0.1, 0.15) is 12.0 Å². The number of nitriles is 1. The molecule has 1 saturated heterocycles. The minimum absolute atomic E-state index is 0.234. The molecule has 0 bridgehead atoms. The van der Waals surface area contributed by atoms with E-state index >= 15 is 0 Å². The van der Waals surface area contributed by atoms with Gasteiger partial charge in [-0.3, -0.25) is 19.3 Å². The molecule has 1 heterocycles. The number of rotatable bonds is 4. The fourth-order valence-corrected chi connectivity index (χ4v) is 1.86. The van der Waals surface area contributed by atoms with E-state index in [1.165, 1.54) is 7.05 Å². The maximum atomic E-state index is 11.8. The highest BCUT2D eigenvalue weighted by molar-refractivity contribution is 6.01. The van der Waals surface area contributed by atoms with E-state index in [0.29, 0.717) is 12.8 Å². The number of nitrogens with zero attached hydrogens (tertiary/aromatic N) is 2. The number of hydrogen-bond donors (Lipinski definition) is 1. The van der Waals surface area contributed by atoms with Crippen LogP contribution in [-0.4, -0.2) is 35.7 Å². The van der Waals surface area contributed by atoms with Crippen molar-refractivity contribution in [1.82, 2.24) is 10.2 Å². The zero-order valence-electron chi connectivity index (χ0n) is 10.6. The van der Waals surface area contributed by atoms with Crippen LogP contribution in [0.15, 0.2) is 0 Å². The average Bonchev–Trinajstić information content (AvgIpc) is 2.36. The average molecular weight is 251 g/mol. The highest BCUT2D eigenvalue weighted by Crippen LogP contribution is 2.13. The third-order valence-corrected chi connectivity index (χ3v) is 3.02. The van der Waals surface area contributed by atoms with Crippen LogP contribution in [0.5, 0.6) is 0 Å². The van der Waals surface area contributed by atoms with Gasteiger partial charge >= 0.3 is 0 Å². The van der Waals surface area contributed by atoms with E-state index in [-0.39, 0.29) is 12.3 Å². The Morgan fingerprint density at radius 1 is 1.61 bits per heavy atom. The molecule has 0 aromatic carbocycles. The number of hydrogen-bond acceptors (Lipinski definition) is 4. The number of carbonyl (C=O) groups excluding carboxylic acids is 3. The third kappa shape index (κ3) is 3.06. The second-order valence-corrected chi connectivity index (χ2v) is 4.36. The molecule has 1 N–H and O–H groups in total. The Morgan fingerprint density at radius 3 is 2.83 bits per heavy atom. The molecule has 1 rings (SSSR count). The van der Waals surface area contributed by atoms with Gasteiger partial charge in [-0.05, 0) is 12.8 Å². The van der Waals surface area contributed by atoms with Gasteiger partial charge in [0.15, 0.2) is 0 Å². The molecule has 1 aliphatic rings. The summed E-state index contributed by atoms with van der Waals surface area (Å²) >= 11 is 0. The number of likely N-dealkylation sites (tertiary alicyclic amines) is 1. The fraction of sp³-hybridized carbons (Fsp3) is 0.667. The maximum Gasteiger partial charge on any atom is 0.251 e. The minimum Gasteiger partial charge on any atom is -0.343 e. The number of likely N-dealkylation sites (N-methyl/N-ethyl adjacent to an activating group) is 1. The zero-order valence-corrected chi connectivity index (χ0v) is 10.6. The topological polar surface area (TPSA) is 90.3 Å². The van der Waals surface area contributed by atoms with Crippen molar-refractivity contribution in [1.29, 1.82) is 5.26 Å². The van der Waals surface area contributed by atoms with E-state index < -0.39 is 23.8 Å². The Balaban J connectivity index is 2.62. The van der Waals surface area contributed by atoms with Gasteiger partial charge in [-0.25, -0.2) is 0 Å². The molecule has 0 aliphatic carbocycles. The summed E-state index contributed by atoms with van der Waals surface area (Å²) in [5, 5.41) is 11.4. The van der Waals surface area contributed by atoms with Gasteiger partial charge in [-0.2, -0.15) is 5.26 Å². The van der Waals surface area contributed by atoms with Gasteiger partial charge in [0.2, 0.25) is 11.8 Å². The molecule has 0 aromatic heterocycles. The minimum atomic E-state index is -0.731. The number of amides is 3. The first-order valence-electron chi connectivity index (χ1n) is 6.01. The molecule has 6 nitrogen and oxygen atoms in total. The lowest BCUT2D eigenvalue weighted by atomic mass is 10.0. The molecule has 0 saturated carbocycles. The van der Waals surface area contributed by atoms with E-state index in [4.69, 9.17) is 5.26 Å². The smallest absolute Gasteiger partial charge is 0.251 e. The predicted octanol–water partition coefficient (Wildman–Crippen LogP) is 0.190. The number of imide groups is 1. The van der Waals surface area contributed by atoms with E-state index in [1.807, 2.05) is 13.0 Å². The largest absolute Gasteiger partial charge is 0.343 e. The molecule has 0 spiro atoms. The molecular weight excluding hydrogens is 234 g/mol. The van der Waals surface area contributed by atoms with Crippen LogP contribution in [0, 0.1) is 17.2 Å². The summed E-state index contributed by atoms with van der Waals surface area (Å²) in [6, 6.07) is 1.24. The molecule has 6 heteroatoms. The summed E-state index contributed by atoms with van der Waals surface area (Å²) in [6.45, 7) is 1.88. The molecular formula is C12H17N3O3. The van der Waals surface area contributed by atoms with Crippen LogP contribution < -0.4 is 5.32 Å². The van der Waals surface area contributed by atoms with Gasteiger partial charge in [0.25, 0.3) is 5.91 Å². The lowest BCUT2D eigenvalue weighted by Gasteiger charge is -2.28. The normalized spacial score (nSPS) is 21.4. The second kappa shape index (κ2) is 6.15. The van der Waals surface area contributed by atoms with Crippen molar-refractivity contribution in [3.8, 4) is 6.07 Å². The maximum absolute atomic E-state index is 11.8. The molecule has 18 heavy (non-hydrogen) atoms. The Morgan fingerprint density at radius 2 is 2.28 bits per heavy atom. The van der Waals surface area contributed by atoms with Gasteiger partial charge in [0, 0.05) is 13.5 Å². The predicted molar refractivity (Wildman–Crippen MR) is 63.0 cm³/mol. The first-order chi connectivity index (χ1) is 8.51. The van der Waals surface area contributed by atoms with Gasteiger partial charge in [-0.1, -0.05) is 13.3 Å². The fourth-order valence-electron chi connectivity index (χ4n) is 1.86. The number of carbonyl (C=O) groups is 3. The third-order valence-electron chi connectivity index (χ3n) is 3.02. The highest BCUT2D eigenvalue weighted by Gasteiger charge is 2.33. The van der Waals surface area contributed by atoms with Crippen molar-refractivity contribution < 1.29 is 14.4 Å². The van der Waals surface area contributed by atoms with Gasteiger partial charge in [0.05, 0.1) is 6.07 Å². The first-order valence-corrected chi connectivity index (χ1v) is 6.01. The second-order valence-electron chi connectivity index (χ2n) is 4.36. The van der Waals surface area contributed by atoms with Gasteiger partial charge in [-0.15, -0.1) is 0 Å². The Kier molecular flexibility index (Phi) is 4.84. The Bertz CT molecular complexity index is 400. The van der Waals surface area contributed by atoms with Crippen molar-refractivity contribution in [3.63, 3.8) is 0 Å². The summed E-state index contributed by atoms with van der Waals surface area (Å²) in [7, 11) is 1.40. The summed E-state index contributed by atoms with van der Waals surface area (Å²) in [5.74, 6) is -1.81. The van der Waals surface area contributed by atoms with Crippen LogP contribution in [0.25, 0.3) is 0 Å². The van der Waals surface area contributed by atoms with E-state index in [0.717, 1.165) is 11.3 Å². The van der Waals surface area contributed by atoms with E-state index in [9.17, 15) is 14.4 Å². The van der Waals surface area contributed by atoms with Gasteiger partial charge < -0.3 is 5.32 Å². The number of piperidine rings is 1. The summed E-state index contributed by atoms with van der Waals surface area (Å²) in [6.07, 6.45) is 1.73. The molecule has 0 radical (unpaired) electrons. The molecule has 98 valence electrons. The summed E-state index contributed by atoms with van der Waals surface area (Å²) in [4.78, 5) is 35.8. The van der Waals surface area contributed by atoms with Crippen molar-refractivity contribution in [3.05, 3.63) is 0 Å². The van der Waals surface area contributed by atoms with Crippen LogP contribution in [0.3, 0.4) is 0 Å². The Hall–Kier alpha value is -1.90. The molecule has 2 unspecified atom stereocenters. The van der Waals surface area contributed by atoms with Crippen molar-refractivity contribution in [2.75, 3.05) is 7.05 Å². The Labute approximate surface area is 106 Å². The molecule has 0 aromatic rings. The quantitative estimate of drug-likeness (QED) is 0.722. The molecule has 1 fully saturated rings. The van der Waals surface area contributed by atoms with Crippen molar-refractivity contribution in [2.24, 2.45) is 5.92 Å². The van der Waals surface area contributed by atoms with E-state index in [1.54, 1.807) is 0 Å². The van der Waals surface area contributed by atoms with Crippen LogP contribution in [-0.2, 0) is 14.4 Å². The summed E-state index contributed by atoms with van der Waals surface area (Å²) < 4.78 is 0. The molecule has 2 atom stereocenters. The lowest BCUT2D eigenvalue weighted by Crippen LogP contribution is -2.53. The molecule has 3 amide bonds. The van der Waals surface area contributed by atoms with Crippen LogP contribution in [0.2, 0.25) is 0 Å². The van der Waals surface area contributed by atoms with Crippen molar-refractivity contribution >= 4 is 17.7 Å². The SMILES string of the molecule is CCCC(C#N)C(=O)NC1CCC(=O)N(C)C1=O.